The topological polar surface area (TPSA) is 50.4 Å². The molecular weight excluding hydrogens is 312 g/mol. The van der Waals surface area contributed by atoms with Crippen molar-refractivity contribution in [3.63, 3.8) is 0 Å². The molecule has 0 bridgehead atoms. The SMILES string of the molecule is COc1ccccc1NCC(=O)N[C@@H](C)c1cccc2ccccc12. The first-order valence-electron chi connectivity index (χ1n) is 8.33. The zero-order valence-corrected chi connectivity index (χ0v) is 14.5. The molecule has 4 nitrogen and oxygen atoms in total. The van der Waals surface area contributed by atoms with E-state index in [-0.39, 0.29) is 18.5 Å². The largest absolute Gasteiger partial charge is 0.495 e. The molecule has 0 aliphatic carbocycles. The maximum Gasteiger partial charge on any atom is 0.239 e. The van der Waals surface area contributed by atoms with Crippen molar-refractivity contribution < 1.29 is 9.53 Å². The minimum absolute atomic E-state index is 0.0636. The van der Waals surface area contributed by atoms with E-state index < -0.39 is 0 Å². The van der Waals surface area contributed by atoms with Gasteiger partial charge in [-0.2, -0.15) is 0 Å². The van der Waals surface area contributed by atoms with E-state index in [2.05, 4.69) is 34.9 Å². The summed E-state index contributed by atoms with van der Waals surface area (Å²) in [5.41, 5.74) is 1.92. The average molecular weight is 334 g/mol. The lowest BCUT2D eigenvalue weighted by Gasteiger charge is -2.17. The van der Waals surface area contributed by atoms with Gasteiger partial charge in [0.15, 0.2) is 0 Å². The van der Waals surface area contributed by atoms with Crippen LogP contribution in [0.25, 0.3) is 10.8 Å². The highest BCUT2D eigenvalue weighted by Crippen LogP contribution is 2.24. The number of hydrogen-bond donors (Lipinski definition) is 2. The van der Waals surface area contributed by atoms with Crippen molar-refractivity contribution in [2.75, 3.05) is 19.0 Å². The number of methoxy groups -OCH3 is 1. The Morgan fingerprint density at radius 2 is 1.72 bits per heavy atom. The summed E-state index contributed by atoms with van der Waals surface area (Å²) < 4.78 is 5.28. The number of amides is 1. The number of hydrogen-bond acceptors (Lipinski definition) is 3. The molecule has 0 aliphatic rings. The minimum Gasteiger partial charge on any atom is -0.495 e. The van der Waals surface area contributed by atoms with Crippen molar-refractivity contribution in [2.24, 2.45) is 0 Å². The molecule has 128 valence electrons. The molecule has 4 heteroatoms. The van der Waals surface area contributed by atoms with Gasteiger partial charge in [0.2, 0.25) is 5.91 Å². The van der Waals surface area contributed by atoms with Crippen molar-refractivity contribution >= 4 is 22.4 Å². The van der Waals surface area contributed by atoms with Crippen LogP contribution in [0.5, 0.6) is 5.75 Å². The molecule has 0 heterocycles. The van der Waals surface area contributed by atoms with Crippen LogP contribution >= 0.6 is 0 Å². The molecule has 0 unspecified atom stereocenters. The van der Waals surface area contributed by atoms with Crippen LogP contribution in [-0.2, 0) is 4.79 Å². The molecule has 2 N–H and O–H groups in total. The molecule has 0 fully saturated rings. The molecule has 3 rings (SSSR count). The lowest BCUT2D eigenvalue weighted by Crippen LogP contribution is -2.32. The Morgan fingerprint density at radius 3 is 2.56 bits per heavy atom. The van der Waals surface area contributed by atoms with Crippen molar-refractivity contribution in [1.29, 1.82) is 0 Å². The van der Waals surface area contributed by atoms with Gasteiger partial charge in [0.05, 0.1) is 25.4 Å². The van der Waals surface area contributed by atoms with E-state index in [1.165, 1.54) is 5.39 Å². The number of nitrogens with one attached hydrogen (secondary N) is 2. The highest BCUT2D eigenvalue weighted by Gasteiger charge is 2.12. The van der Waals surface area contributed by atoms with E-state index in [0.717, 1.165) is 22.4 Å². The maximum atomic E-state index is 12.3. The van der Waals surface area contributed by atoms with E-state index >= 15 is 0 Å². The Labute approximate surface area is 147 Å². The zero-order valence-electron chi connectivity index (χ0n) is 14.5. The number of para-hydroxylation sites is 2. The third-order valence-electron chi connectivity index (χ3n) is 4.21. The summed E-state index contributed by atoms with van der Waals surface area (Å²) in [6, 6.07) is 21.8. The second kappa shape index (κ2) is 7.71. The van der Waals surface area contributed by atoms with E-state index in [4.69, 9.17) is 4.74 Å². The Morgan fingerprint density at radius 1 is 1.00 bits per heavy atom. The summed E-state index contributed by atoms with van der Waals surface area (Å²) >= 11 is 0. The number of fused-ring (bicyclic) bond motifs is 1. The summed E-state index contributed by atoms with van der Waals surface area (Å²) in [6.07, 6.45) is 0. The monoisotopic (exact) mass is 334 g/mol. The first-order valence-corrected chi connectivity index (χ1v) is 8.33. The lowest BCUT2D eigenvalue weighted by atomic mass is 10.00. The number of ether oxygens (including phenoxy) is 1. The van der Waals surface area contributed by atoms with Crippen LogP contribution in [0.3, 0.4) is 0 Å². The predicted molar refractivity (Wildman–Crippen MR) is 102 cm³/mol. The first-order chi connectivity index (χ1) is 12.2. The van der Waals surface area contributed by atoms with Gasteiger partial charge < -0.3 is 15.4 Å². The third-order valence-corrected chi connectivity index (χ3v) is 4.21. The molecule has 0 spiro atoms. The third kappa shape index (κ3) is 3.91. The molecule has 0 radical (unpaired) electrons. The number of benzene rings is 3. The smallest absolute Gasteiger partial charge is 0.239 e. The Bertz CT molecular complexity index is 871. The van der Waals surface area contributed by atoms with Crippen LogP contribution in [0.1, 0.15) is 18.5 Å². The van der Waals surface area contributed by atoms with Gasteiger partial charge in [-0.15, -0.1) is 0 Å². The fourth-order valence-corrected chi connectivity index (χ4v) is 2.96. The van der Waals surface area contributed by atoms with E-state index in [1.807, 2.05) is 49.4 Å². The van der Waals surface area contributed by atoms with Gasteiger partial charge in [-0.1, -0.05) is 54.6 Å². The van der Waals surface area contributed by atoms with E-state index in [0.29, 0.717) is 0 Å². The van der Waals surface area contributed by atoms with Crippen LogP contribution < -0.4 is 15.4 Å². The summed E-state index contributed by atoms with van der Waals surface area (Å²) in [7, 11) is 1.61. The summed E-state index contributed by atoms with van der Waals surface area (Å²) in [4.78, 5) is 12.3. The highest BCUT2D eigenvalue weighted by molar-refractivity contribution is 5.87. The Hall–Kier alpha value is -3.01. The normalized spacial score (nSPS) is 11.8. The van der Waals surface area contributed by atoms with Crippen LogP contribution in [-0.4, -0.2) is 19.6 Å². The second-order valence-electron chi connectivity index (χ2n) is 5.91. The summed E-state index contributed by atoms with van der Waals surface area (Å²) in [6.45, 7) is 2.19. The van der Waals surface area contributed by atoms with E-state index in [1.54, 1.807) is 7.11 Å². The average Bonchev–Trinajstić information content (AvgIpc) is 2.66. The number of carbonyl (C=O) groups excluding carboxylic acids is 1. The van der Waals surface area contributed by atoms with Crippen molar-refractivity contribution in [2.45, 2.75) is 13.0 Å². The Kier molecular flexibility index (Phi) is 5.19. The summed E-state index contributed by atoms with van der Waals surface area (Å²) in [5, 5.41) is 8.51. The molecule has 3 aromatic carbocycles. The van der Waals surface area contributed by atoms with Crippen LogP contribution in [0.2, 0.25) is 0 Å². The van der Waals surface area contributed by atoms with Crippen molar-refractivity contribution in [3.8, 4) is 5.75 Å². The quantitative estimate of drug-likeness (QED) is 0.712. The molecule has 1 amide bonds. The van der Waals surface area contributed by atoms with Gasteiger partial charge >= 0.3 is 0 Å². The number of anilines is 1. The van der Waals surface area contributed by atoms with Gasteiger partial charge in [-0.25, -0.2) is 0 Å². The fourth-order valence-electron chi connectivity index (χ4n) is 2.96. The predicted octanol–water partition coefficient (Wildman–Crippen LogP) is 4.14. The van der Waals surface area contributed by atoms with Crippen LogP contribution in [0.4, 0.5) is 5.69 Å². The molecule has 0 aromatic heterocycles. The molecule has 0 saturated heterocycles. The fraction of sp³-hybridized carbons (Fsp3) is 0.190. The van der Waals surface area contributed by atoms with Crippen molar-refractivity contribution in [1.82, 2.24) is 5.32 Å². The molecule has 0 aliphatic heterocycles. The Balaban J connectivity index is 1.66. The van der Waals surface area contributed by atoms with Gasteiger partial charge in [0.1, 0.15) is 5.75 Å². The highest BCUT2D eigenvalue weighted by atomic mass is 16.5. The maximum absolute atomic E-state index is 12.3. The standard InChI is InChI=1S/C21H22N2O2/c1-15(17-11-7-9-16-8-3-4-10-18(16)17)23-21(24)14-22-19-12-5-6-13-20(19)25-2/h3-13,15,22H,14H2,1-2H3,(H,23,24)/t15-/m0/s1. The first kappa shape index (κ1) is 16.8. The number of carbonyl (C=O) groups is 1. The number of rotatable bonds is 6. The van der Waals surface area contributed by atoms with E-state index in [9.17, 15) is 4.79 Å². The lowest BCUT2D eigenvalue weighted by molar-refractivity contribution is -0.120. The van der Waals surface area contributed by atoms with Crippen LogP contribution in [0.15, 0.2) is 66.7 Å². The van der Waals surface area contributed by atoms with Gasteiger partial charge in [-0.3, -0.25) is 4.79 Å². The molecule has 0 saturated carbocycles. The summed E-state index contributed by atoms with van der Waals surface area (Å²) in [5.74, 6) is 0.656. The minimum atomic E-state index is -0.0712. The van der Waals surface area contributed by atoms with Gasteiger partial charge in [-0.05, 0) is 35.4 Å². The second-order valence-corrected chi connectivity index (χ2v) is 5.91. The van der Waals surface area contributed by atoms with Gasteiger partial charge in [0, 0.05) is 0 Å². The molecule has 3 aromatic rings. The van der Waals surface area contributed by atoms with Crippen molar-refractivity contribution in [3.05, 3.63) is 72.3 Å². The molecule has 1 atom stereocenters. The molecular formula is C21H22N2O2. The van der Waals surface area contributed by atoms with Crippen LogP contribution in [0, 0.1) is 0 Å². The zero-order chi connectivity index (χ0) is 17.6. The van der Waals surface area contributed by atoms with Gasteiger partial charge in [0.25, 0.3) is 0 Å². The molecule has 25 heavy (non-hydrogen) atoms.